The van der Waals surface area contributed by atoms with Crippen molar-refractivity contribution in [2.45, 2.75) is 25.0 Å². The van der Waals surface area contributed by atoms with E-state index in [1.807, 2.05) is 18.2 Å². The molecule has 0 radical (unpaired) electrons. The van der Waals surface area contributed by atoms with Gasteiger partial charge in [0.05, 0.1) is 5.75 Å². The van der Waals surface area contributed by atoms with Crippen LogP contribution in [0.4, 0.5) is 4.39 Å². The largest absolute Gasteiger partial charge is 0.306 e. The monoisotopic (exact) mass is 394 g/mol. The molecule has 5 heteroatoms. The topological polar surface area (TPSA) is 37.3 Å². The van der Waals surface area contributed by atoms with Crippen molar-refractivity contribution in [3.8, 4) is 0 Å². The van der Waals surface area contributed by atoms with Crippen LogP contribution in [0.25, 0.3) is 11.1 Å². The molecule has 0 bridgehead atoms. The summed E-state index contributed by atoms with van der Waals surface area (Å²) in [4.78, 5) is 0. The zero-order valence-corrected chi connectivity index (χ0v) is 14.8. The van der Waals surface area contributed by atoms with E-state index in [0.29, 0.717) is 0 Å². The maximum atomic E-state index is 14.2. The molecular weight excluding hydrogens is 379 g/mol. The fourth-order valence-corrected chi connectivity index (χ4v) is 3.94. The summed E-state index contributed by atoms with van der Waals surface area (Å²) in [6, 6.07) is 13.1. The summed E-state index contributed by atoms with van der Waals surface area (Å²) in [5.41, 5.74) is 4.72. The van der Waals surface area contributed by atoms with Crippen LogP contribution in [0, 0.1) is 5.82 Å². The van der Waals surface area contributed by atoms with E-state index in [1.165, 1.54) is 17.2 Å². The minimum atomic E-state index is -2.03. The van der Waals surface area contributed by atoms with Gasteiger partial charge in [-0.05, 0) is 59.7 Å². The number of hydrogen-bond acceptors (Lipinski definition) is 1. The van der Waals surface area contributed by atoms with Gasteiger partial charge in [-0.15, -0.1) is 0 Å². The van der Waals surface area contributed by atoms with Gasteiger partial charge in [0.15, 0.2) is 11.1 Å². The summed E-state index contributed by atoms with van der Waals surface area (Å²) in [7, 11) is 0. The van der Waals surface area contributed by atoms with E-state index in [9.17, 15) is 8.60 Å². The average molecular weight is 395 g/mol. The van der Waals surface area contributed by atoms with Gasteiger partial charge in [0, 0.05) is 10.0 Å². The molecule has 0 amide bonds. The van der Waals surface area contributed by atoms with E-state index in [0.717, 1.165) is 34.9 Å². The summed E-state index contributed by atoms with van der Waals surface area (Å²) in [5.74, 6) is -0.596. The molecule has 0 saturated carbocycles. The molecule has 0 aromatic heterocycles. The van der Waals surface area contributed by atoms with Crippen LogP contribution in [0.1, 0.15) is 36.0 Å². The van der Waals surface area contributed by atoms with Gasteiger partial charge in [-0.1, -0.05) is 40.2 Å². The minimum absolute atomic E-state index is 0.177. The van der Waals surface area contributed by atoms with Crippen LogP contribution in [0.15, 0.2) is 46.9 Å². The highest BCUT2D eigenvalue weighted by Crippen LogP contribution is 2.40. The van der Waals surface area contributed by atoms with Gasteiger partial charge in [-0.2, -0.15) is 0 Å². The molecule has 23 heavy (non-hydrogen) atoms. The molecule has 1 atom stereocenters. The Morgan fingerprint density at radius 1 is 1.09 bits per heavy atom. The van der Waals surface area contributed by atoms with Crippen molar-refractivity contribution >= 4 is 38.2 Å². The Morgan fingerprint density at radius 3 is 2.39 bits per heavy atom. The summed E-state index contributed by atoms with van der Waals surface area (Å²) in [6.45, 7) is 0. The van der Waals surface area contributed by atoms with E-state index in [1.54, 1.807) is 6.07 Å². The molecule has 0 saturated heterocycles. The van der Waals surface area contributed by atoms with Crippen LogP contribution in [0.2, 0.25) is 0 Å². The molecule has 0 spiro atoms. The van der Waals surface area contributed by atoms with Gasteiger partial charge in [0.25, 0.3) is 0 Å². The van der Waals surface area contributed by atoms with Crippen LogP contribution >= 0.6 is 15.9 Å². The quantitative estimate of drug-likeness (QED) is 0.704. The maximum Gasteiger partial charge on any atom is 0.157 e. The van der Waals surface area contributed by atoms with E-state index in [-0.39, 0.29) is 11.3 Å². The lowest BCUT2D eigenvalue weighted by Gasteiger charge is -2.10. The molecule has 0 fully saturated rings. The zero-order chi connectivity index (χ0) is 16.4. The first-order chi connectivity index (χ1) is 11.0. The Kier molecular flexibility index (Phi) is 5.09. The lowest BCUT2D eigenvalue weighted by molar-refractivity contribution is 0.559. The highest BCUT2D eigenvalue weighted by molar-refractivity contribution is 9.10. The lowest BCUT2D eigenvalue weighted by Crippen LogP contribution is -1.98. The third-order valence-corrected chi connectivity index (χ3v) is 5.12. The Balaban J connectivity index is 2.00. The Bertz CT molecular complexity index is 801. The molecule has 1 aliphatic carbocycles. The number of rotatable bonds is 4. The standard InChI is InChI=1S/C18H16BrFO2S/c19-15-4-1-3-12(9-15)16-5-2-6-17(16)13-7-8-14(11-23(21)22)18(20)10-13/h1,3-4,7-10H,2,5-6,11H2,(H,21,22). The SMILES string of the molecule is O=S(O)Cc1ccc(C2=C(c3cccc(Br)c3)CCC2)cc1F. The molecule has 120 valence electrons. The maximum absolute atomic E-state index is 14.2. The van der Waals surface area contributed by atoms with Gasteiger partial charge in [0.2, 0.25) is 0 Å². The zero-order valence-electron chi connectivity index (χ0n) is 12.4. The summed E-state index contributed by atoms with van der Waals surface area (Å²) in [6.07, 6.45) is 2.96. The molecule has 2 aromatic carbocycles. The summed E-state index contributed by atoms with van der Waals surface area (Å²) >= 11 is 1.46. The van der Waals surface area contributed by atoms with E-state index in [2.05, 4.69) is 28.1 Å². The molecule has 0 aliphatic heterocycles. The lowest BCUT2D eigenvalue weighted by atomic mass is 9.96. The van der Waals surface area contributed by atoms with Gasteiger partial charge >= 0.3 is 0 Å². The van der Waals surface area contributed by atoms with Crippen LogP contribution in [0.5, 0.6) is 0 Å². The summed E-state index contributed by atoms with van der Waals surface area (Å²) in [5, 5.41) is 0. The normalized spacial score (nSPS) is 16.0. The molecule has 3 rings (SSSR count). The minimum Gasteiger partial charge on any atom is -0.306 e. The predicted molar refractivity (Wildman–Crippen MR) is 95.7 cm³/mol. The van der Waals surface area contributed by atoms with Crippen molar-refractivity contribution in [2.24, 2.45) is 0 Å². The van der Waals surface area contributed by atoms with Crippen molar-refractivity contribution in [1.29, 1.82) is 0 Å². The second kappa shape index (κ2) is 7.07. The fourth-order valence-electron chi connectivity index (χ4n) is 3.04. The molecule has 0 heterocycles. The second-order valence-corrected chi connectivity index (χ2v) is 7.44. The van der Waals surface area contributed by atoms with Crippen molar-refractivity contribution in [3.63, 3.8) is 0 Å². The molecular formula is C18H16BrFO2S. The molecule has 2 nitrogen and oxygen atoms in total. The highest BCUT2D eigenvalue weighted by Gasteiger charge is 2.19. The Hall–Kier alpha value is -1.30. The fraction of sp³-hybridized carbons (Fsp3) is 0.222. The number of benzene rings is 2. The predicted octanol–water partition coefficient (Wildman–Crippen LogP) is 5.40. The van der Waals surface area contributed by atoms with Crippen molar-refractivity contribution < 1.29 is 13.2 Å². The van der Waals surface area contributed by atoms with Crippen molar-refractivity contribution in [3.05, 3.63) is 69.4 Å². The first-order valence-electron chi connectivity index (χ1n) is 7.39. The van der Waals surface area contributed by atoms with Crippen molar-refractivity contribution in [1.82, 2.24) is 0 Å². The van der Waals surface area contributed by atoms with E-state index >= 15 is 0 Å². The van der Waals surface area contributed by atoms with Gasteiger partial charge in [-0.3, -0.25) is 0 Å². The number of hydrogen-bond donors (Lipinski definition) is 1. The summed E-state index contributed by atoms with van der Waals surface area (Å²) < 4.78 is 35.0. The Morgan fingerprint density at radius 2 is 1.78 bits per heavy atom. The van der Waals surface area contributed by atoms with Crippen molar-refractivity contribution in [2.75, 3.05) is 0 Å². The molecule has 2 aromatic rings. The first kappa shape index (κ1) is 16.6. The van der Waals surface area contributed by atoms with Crippen LogP contribution in [-0.2, 0) is 16.8 Å². The van der Waals surface area contributed by atoms with Crippen LogP contribution in [0.3, 0.4) is 0 Å². The van der Waals surface area contributed by atoms with Gasteiger partial charge in [-0.25, -0.2) is 8.60 Å². The first-order valence-corrected chi connectivity index (χ1v) is 9.45. The molecule has 1 aliphatic rings. The number of halogens is 2. The molecule has 1 N–H and O–H groups in total. The second-order valence-electron chi connectivity index (χ2n) is 5.59. The molecule has 1 unspecified atom stereocenters. The van der Waals surface area contributed by atoms with Crippen LogP contribution < -0.4 is 0 Å². The van der Waals surface area contributed by atoms with Gasteiger partial charge < -0.3 is 4.55 Å². The van der Waals surface area contributed by atoms with Crippen LogP contribution in [-0.4, -0.2) is 8.76 Å². The van der Waals surface area contributed by atoms with E-state index < -0.39 is 16.9 Å². The highest BCUT2D eigenvalue weighted by atomic mass is 79.9. The smallest absolute Gasteiger partial charge is 0.157 e. The van der Waals surface area contributed by atoms with Gasteiger partial charge in [0.1, 0.15) is 5.82 Å². The number of allylic oxidation sites excluding steroid dienone is 2. The third-order valence-electron chi connectivity index (χ3n) is 4.07. The third kappa shape index (κ3) is 3.79. The Labute approximate surface area is 145 Å². The van der Waals surface area contributed by atoms with E-state index in [4.69, 9.17) is 4.55 Å². The average Bonchev–Trinajstić information content (AvgIpc) is 2.98.